The second kappa shape index (κ2) is 5.72. The first-order valence-corrected chi connectivity index (χ1v) is 6.75. The third-order valence-electron chi connectivity index (χ3n) is 3.85. The van der Waals surface area contributed by atoms with Crippen LogP contribution in [0.15, 0.2) is 12.1 Å². The lowest BCUT2D eigenvalue weighted by atomic mass is 9.86. The first-order chi connectivity index (χ1) is 8.63. The Labute approximate surface area is 110 Å². The lowest BCUT2D eigenvalue weighted by Gasteiger charge is -2.30. The van der Waals surface area contributed by atoms with Gasteiger partial charge in [-0.05, 0) is 51.3 Å². The molecule has 2 atom stereocenters. The molecule has 1 aliphatic heterocycles. The Bertz CT molecular complexity index is 411. The standard InChI is InChI=1S/C15H24N2O/c1-10-7-11(2)15(18-3)13(8-10)14(16)12-5-4-6-17-9-12/h7-8,12,14,17H,4-6,9,16H2,1-3H3. The van der Waals surface area contributed by atoms with Gasteiger partial charge in [0, 0.05) is 11.6 Å². The zero-order valence-corrected chi connectivity index (χ0v) is 11.6. The van der Waals surface area contributed by atoms with Crippen LogP contribution in [0.4, 0.5) is 0 Å². The van der Waals surface area contributed by atoms with Gasteiger partial charge < -0.3 is 15.8 Å². The molecule has 1 aromatic rings. The summed E-state index contributed by atoms with van der Waals surface area (Å²) in [4.78, 5) is 0. The number of aryl methyl sites for hydroxylation is 2. The quantitative estimate of drug-likeness (QED) is 0.863. The topological polar surface area (TPSA) is 47.3 Å². The van der Waals surface area contributed by atoms with Crippen molar-refractivity contribution in [3.8, 4) is 5.75 Å². The minimum Gasteiger partial charge on any atom is -0.496 e. The van der Waals surface area contributed by atoms with Crippen molar-refractivity contribution in [1.29, 1.82) is 0 Å². The molecule has 18 heavy (non-hydrogen) atoms. The van der Waals surface area contributed by atoms with E-state index in [0.29, 0.717) is 5.92 Å². The molecule has 1 saturated heterocycles. The molecular formula is C15H24N2O. The molecule has 3 heteroatoms. The van der Waals surface area contributed by atoms with E-state index >= 15 is 0 Å². The Morgan fingerprint density at radius 3 is 2.78 bits per heavy atom. The van der Waals surface area contributed by atoms with E-state index in [2.05, 4.69) is 31.3 Å². The fraction of sp³-hybridized carbons (Fsp3) is 0.600. The van der Waals surface area contributed by atoms with Crippen LogP contribution in [0.3, 0.4) is 0 Å². The minimum absolute atomic E-state index is 0.0614. The van der Waals surface area contributed by atoms with Gasteiger partial charge in [-0.15, -0.1) is 0 Å². The Balaban J connectivity index is 2.30. The summed E-state index contributed by atoms with van der Waals surface area (Å²) in [6, 6.07) is 4.38. The van der Waals surface area contributed by atoms with Crippen molar-refractivity contribution in [3.05, 3.63) is 28.8 Å². The maximum atomic E-state index is 6.46. The zero-order chi connectivity index (χ0) is 13.1. The highest BCUT2D eigenvalue weighted by Gasteiger charge is 2.24. The van der Waals surface area contributed by atoms with Crippen molar-refractivity contribution in [2.45, 2.75) is 32.7 Å². The second-order valence-corrected chi connectivity index (χ2v) is 5.34. The van der Waals surface area contributed by atoms with Crippen molar-refractivity contribution in [2.24, 2.45) is 11.7 Å². The van der Waals surface area contributed by atoms with Gasteiger partial charge in [-0.25, -0.2) is 0 Å². The van der Waals surface area contributed by atoms with E-state index in [0.717, 1.165) is 24.4 Å². The average Bonchev–Trinajstić information content (AvgIpc) is 2.38. The summed E-state index contributed by atoms with van der Waals surface area (Å²) in [7, 11) is 1.73. The highest BCUT2D eigenvalue weighted by molar-refractivity contribution is 5.45. The number of rotatable bonds is 3. The number of ether oxygens (including phenoxy) is 1. The van der Waals surface area contributed by atoms with Crippen LogP contribution in [-0.2, 0) is 0 Å². The summed E-state index contributed by atoms with van der Waals surface area (Å²) in [5.41, 5.74) is 10.0. The van der Waals surface area contributed by atoms with Gasteiger partial charge in [-0.2, -0.15) is 0 Å². The number of benzene rings is 1. The normalized spacial score (nSPS) is 21.7. The Morgan fingerprint density at radius 1 is 1.39 bits per heavy atom. The third kappa shape index (κ3) is 2.68. The molecular weight excluding hydrogens is 224 g/mol. The lowest BCUT2D eigenvalue weighted by molar-refractivity contribution is 0.317. The molecule has 0 amide bonds. The number of nitrogens with two attached hydrogens (primary N) is 1. The molecule has 1 aliphatic rings. The third-order valence-corrected chi connectivity index (χ3v) is 3.85. The monoisotopic (exact) mass is 248 g/mol. The van der Waals surface area contributed by atoms with E-state index in [1.807, 2.05) is 0 Å². The fourth-order valence-electron chi connectivity index (χ4n) is 2.95. The largest absolute Gasteiger partial charge is 0.496 e. The maximum Gasteiger partial charge on any atom is 0.126 e. The molecule has 1 fully saturated rings. The molecule has 0 aliphatic carbocycles. The van der Waals surface area contributed by atoms with Crippen molar-refractivity contribution in [1.82, 2.24) is 5.32 Å². The van der Waals surface area contributed by atoms with Crippen LogP contribution >= 0.6 is 0 Å². The molecule has 0 saturated carbocycles. The lowest BCUT2D eigenvalue weighted by Crippen LogP contribution is -2.36. The van der Waals surface area contributed by atoms with E-state index in [4.69, 9.17) is 10.5 Å². The van der Waals surface area contributed by atoms with Crippen LogP contribution in [-0.4, -0.2) is 20.2 Å². The van der Waals surface area contributed by atoms with Gasteiger partial charge in [0.2, 0.25) is 0 Å². The van der Waals surface area contributed by atoms with E-state index in [1.165, 1.54) is 24.0 Å². The van der Waals surface area contributed by atoms with Gasteiger partial charge in [0.15, 0.2) is 0 Å². The molecule has 0 radical (unpaired) electrons. The Hall–Kier alpha value is -1.06. The molecule has 3 N–H and O–H groups in total. The number of hydrogen-bond donors (Lipinski definition) is 2. The van der Waals surface area contributed by atoms with Gasteiger partial charge in [-0.1, -0.05) is 17.7 Å². The highest BCUT2D eigenvalue weighted by Crippen LogP contribution is 2.34. The molecule has 100 valence electrons. The number of piperidine rings is 1. The van der Waals surface area contributed by atoms with Gasteiger partial charge in [-0.3, -0.25) is 0 Å². The molecule has 2 rings (SSSR count). The highest BCUT2D eigenvalue weighted by atomic mass is 16.5. The number of methoxy groups -OCH3 is 1. The van der Waals surface area contributed by atoms with Gasteiger partial charge >= 0.3 is 0 Å². The summed E-state index contributed by atoms with van der Waals surface area (Å²) in [5, 5.41) is 3.43. The number of hydrogen-bond acceptors (Lipinski definition) is 3. The van der Waals surface area contributed by atoms with Crippen LogP contribution in [0, 0.1) is 19.8 Å². The average molecular weight is 248 g/mol. The zero-order valence-electron chi connectivity index (χ0n) is 11.6. The van der Waals surface area contributed by atoms with E-state index in [9.17, 15) is 0 Å². The first kappa shape index (κ1) is 13.4. The Kier molecular flexibility index (Phi) is 4.25. The molecule has 1 heterocycles. The van der Waals surface area contributed by atoms with Crippen LogP contribution in [0.25, 0.3) is 0 Å². The molecule has 1 aromatic carbocycles. The maximum absolute atomic E-state index is 6.46. The van der Waals surface area contributed by atoms with Crippen LogP contribution in [0.1, 0.15) is 35.6 Å². The van der Waals surface area contributed by atoms with Crippen LogP contribution in [0.2, 0.25) is 0 Å². The summed E-state index contributed by atoms with van der Waals surface area (Å²) in [6.45, 7) is 6.33. The van der Waals surface area contributed by atoms with Crippen LogP contribution < -0.4 is 15.8 Å². The summed E-state index contributed by atoms with van der Waals surface area (Å²) >= 11 is 0. The molecule has 3 nitrogen and oxygen atoms in total. The van der Waals surface area contributed by atoms with Gasteiger partial charge in [0.05, 0.1) is 7.11 Å². The smallest absolute Gasteiger partial charge is 0.126 e. The predicted octanol–water partition coefficient (Wildman–Crippen LogP) is 2.31. The van der Waals surface area contributed by atoms with E-state index in [-0.39, 0.29) is 6.04 Å². The molecule has 0 aromatic heterocycles. The predicted molar refractivity (Wildman–Crippen MR) is 75.0 cm³/mol. The SMILES string of the molecule is COc1c(C)cc(C)cc1C(N)C1CCCNC1. The fourth-order valence-corrected chi connectivity index (χ4v) is 2.95. The van der Waals surface area contributed by atoms with E-state index < -0.39 is 0 Å². The molecule has 0 spiro atoms. The Morgan fingerprint density at radius 2 is 2.17 bits per heavy atom. The molecule has 2 unspecified atom stereocenters. The van der Waals surface area contributed by atoms with Crippen LogP contribution in [0.5, 0.6) is 5.75 Å². The molecule has 0 bridgehead atoms. The number of nitrogens with one attached hydrogen (secondary N) is 1. The first-order valence-electron chi connectivity index (χ1n) is 6.75. The second-order valence-electron chi connectivity index (χ2n) is 5.34. The minimum atomic E-state index is 0.0614. The van der Waals surface area contributed by atoms with Crippen molar-refractivity contribution >= 4 is 0 Å². The van der Waals surface area contributed by atoms with Crippen molar-refractivity contribution in [2.75, 3.05) is 20.2 Å². The van der Waals surface area contributed by atoms with Gasteiger partial charge in [0.25, 0.3) is 0 Å². The summed E-state index contributed by atoms with van der Waals surface area (Å²) in [6.07, 6.45) is 2.41. The van der Waals surface area contributed by atoms with Crippen molar-refractivity contribution in [3.63, 3.8) is 0 Å². The van der Waals surface area contributed by atoms with Crippen molar-refractivity contribution < 1.29 is 4.74 Å². The van der Waals surface area contributed by atoms with E-state index in [1.54, 1.807) is 7.11 Å². The van der Waals surface area contributed by atoms with Gasteiger partial charge in [0.1, 0.15) is 5.75 Å². The summed E-state index contributed by atoms with van der Waals surface area (Å²) in [5.74, 6) is 1.47. The summed E-state index contributed by atoms with van der Waals surface area (Å²) < 4.78 is 5.54.